The largest absolute Gasteiger partial charge is 0.573 e. The molecule has 1 aromatic carbocycles. The molecule has 7 atom stereocenters. The van der Waals surface area contributed by atoms with Crippen molar-refractivity contribution in [2.75, 3.05) is 20.1 Å². The predicted octanol–water partition coefficient (Wildman–Crippen LogP) is 4.96. The van der Waals surface area contributed by atoms with Gasteiger partial charge in [-0.3, -0.25) is 9.59 Å². The number of nitrogens with one attached hydrogen (secondary N) is 1. The van der Waals surface area contributed by atoms with Crippen molar-refractivity contribution in [2.45, 2.75) is 83.2 Å². The highest BCUT2D eigenvalue weighted by Crippen LogP contribution is 2.67. The van der Waals surface area contributed by atoms with Gasteiger partial charge in [-0.1, -0.05) is 56.7 Å². The van der Waals surface area contributed by atoms with Crippen molar-refractivity contribution in [1.82, 2.24) is 5.32 Å². The number of esters is 1. The molecule has 2 aliphatic heterocycles. The third-order valence-electron chi connectivity index (χ3n) is 10.3. The number of rotatable bonds is 7. The Kier molecular flexibility index (Phi) is 7.53. The van der Waals surface area contributed by atoms with Gasteiger partial charge in [0.15, 0.2) is 11.5 Å². The summed E-state index contributed by atoms with van der Waals surface area (Å²) in [6.45, 7) is 7.54. The number of piperidine rings is 1. The van der Waals surface area contributed by atoms with Crippen molar-refractivity contribution in [1.29, 1.82) is 0 Å². The molecule has 5 aliphatic rings. The standard InChI is InChI=1S/C33H39F3N2O6/c1-19(2)18-38(4)16-15-31-23-11-8-12-25(31)43-29-26(31)22(17-24(23)38)13-14-32(29,41)37-30(40)28(44-33(34,35)36)27(42-20(3)39)21-9-6-5-7-10-21/h5-7,9-10,13-14,19,23-25,29,41H,8,11-12,15-18H2,1-4H3/p+1/t23-,24+,25-,29?,31+,32?,38?/m0/s1. The van der Waals surface area contributed by atoms with E-state index in [0.717, 1.165) is 67.7 Å². The van der Waals surface area contributed by atoms with Crippen LogP contribution in [0.2, 0.25) is 0 Å². The van der Waals surface area contributed by atoms with Crippen LogP contribution in [-0.4, -0.2) is 71.9 Å². The zero-order chi connectivity index (χ0) is 31.7. The average Bonchev–Trinajstić information content (AvgIpc) is 3.29. The van der Waals surface area contributed by atoms with E-state index in [2.05, 4.69) is 30.9 Å². The molecule has 1 saturated carbocycles. The molecule has 1 aromatic rings. The lowest BCUT2D eigenvalue weighted by atomic mass is 9.50. The lowest BCUT2D eigenvalue weighted by Gasteiger charge is -2.62. The Morgan fingerprint density at radius 2 is 1.93 bits per heavy atom. The van der Waals surface area contributed by atoms with E-state index in [1.807, 2.05) is 0 Å². The molecule has 0 radical (unpaired) electrons. The van der Waals surface area contributed by atoms with Gasteiger partial charge in [-0.2, -0.15) is 0 Å². The van der Waals surface area contributed by atoms with Gasteiger partial charge < -0.3 is 29.1 Å². The van der Waals surface area contributed by atoms with Crippen LogP contribution in [0.5, 0.6) is 0 Å². The highest BCUT2D eigenvalue weighted by Gasteiger charge is 2.70. The van der Waals surface area contributed by atoms with Crippen LogP contribution in [0.1, 0.15) is 58.4 Å². The number of amides is 1. The van der Waals surface area contributed by atoms with Crippen molar-refractivity contribution < 1.29 is 46.6 Å². The molecule has 6 rings (SSSR count). The van der Waals surface area contributed by atoms with Gasteiger partial charge in [-0.25, -0.2) is 0 Å². The van der Waals surface area contributed by atoms with E-state index in [0.29, 0.717) is 17.9 Å². The minimum absolute atomic E-state index is 0.0150. The summed E-state index contributed by atoms with van der Waals surface area (Å²) in [5.74, 6) is -3.49. The Morgan fingerprint density at radius 3 is 2.59 bits per heavy atom. The molecule has 0 aromatic heterocycles. The predicted molar refractivity (Wildman–Crippen MR) is 154 cm³/mol. The maximum atomic E-state index is 13.7. The van der Waals surface area contributed by atoms with Crippen molar-refractivity contribution >= 4 is 17.6 Å². The van der Waals surface area contributed by atoms with Gasteiger partial charge in [-0.05, 0) is 30.1 Å². The highest BCUT2D eigenvalue weighted by molar-refractivity contribution is 5.99. The Morgan fingerprint density at radius 1 is 1.20 bits per heavy atom. The van der Waals surface area contributed by atoms with Crippen LogP contribution in [0.3, 0.4) is 0 Å². The zero-order valence-corrected chi connectivity index (χ0v) is 25.4. The molecule has 238 valence electrons. The van der Waals surface area contributed by atoms with E-state index in [4.69, 9.17) is 9.47 Å². The van der Waals surface area contributed by atoms with Gasteiger partial charge in [0.25, 0.3) is 5.91 Å². The number of carbonyl (C=O) groups excluding carboxylic acids is 2. The van der Waals surface area contributed by atoms with Gasteiger partial charge in [-0.15, -0.1) is 13.2 Å². The van der Waals surface area contributed by atoms with Gasteiger partial charge in [0, 0.05) is 42.6 Å². The Balaban J connectivity index is 1.39. The summed E-state index contributed by atoms with van der Waals surface area (Å²) >= 11 is 0. The molecule has 44 heavy (non-hydrogen) atoms. The Hall–Kier alpha value is -3.15. The molecule has 2 saturated heterocycles. The van der Waals surface area contributed by atoms with Crippen molar-refractivity contribution in [3.05, 3.63) is 65.0 Å². The van der Waals surface area contributed by atoms with Crippen LogP contribution in [0.15, 0.2) is 59.4 Å². The molecular weight excluding hydrogens is 577 g/mol. The molecule has 1 spiro atoms. The van der Waals surface area contributed by atoms with Crippen molar-refractivity contribution in [3.8, 4) is 0 Å². The second kappa shape index (κ2) is 10.7. The first kappa shape index (κ1) is 30.9. The minimum Gasteiger partial charge on any atom is -0.422 e. The number of carbonyl (C=O) groups is 2. The summed E-state index contributed by atoms with van der Waals surface area (Å²) in [6.07, 6.45) is 1.31. The number of aliphatic hydroxyl groups is 1. The van der Waals surface area contributed by atoms with Gasteiger partial charge in [0.1, 0.15) is 6.10 Å². The number of alkyl halides is 3. The third-order valence-corrected chi connectivity index (χ3v) is 10.3. The van der Waals surface area contributed by atoms with Crippen LogP contribution in [0, 0.1) is 17.3 Å². The fraction of sp³-hybridized carbons (Fsp3) is 0.576. The van der Waals surface area contributed by atoms with Crippen LogP contribution in [0.25, 0.3) is 5.76 Å². The summed E-state index contributed by atoms with van der Waals surface area (Å²) in [4.78, 5) is 25.6. The number of halogens is 3. The number of quaternary nitrogens is 1. The normalized spacial score (nSPS) is 36.0. The lowest BCUT2D eigenvalue weighted by Crippen LogP contribution is -2.69. The van der Waals surface area contributed by atoms with E-state index in [9.17, 15) is 27.9 Å². The maximum absolute atomic E-state index is 13.7. The fourth-order valence-corrected chi connectivity index (χ4v) is 9.02. The number of ether oxygens (including phenoxy) is 3. The summed E-state index contributed by atoms with van der Waals surface area (Å²) in [7, 11) is 2.35. The van der Waals surface area contributed by atoms with E-state index < -0.39 is 41.6 Å². The average molecular weight is 618 g/mol. The quantitative estimate of drug-likeness (QED) is 0.148. The maximum Gasteiger partial charge on any atom is 0.573 e. The van der Waals surface area contributed by atoms with Crippen molar-refractivity contribution in [3.63, 3.8) is 0 Å². The second-order valence-corrected chi connectivity index (χ2v) is 13.6. The molecule has 2 N–H and O–H groups in total. The van der Waals surface area contributed by atoms with Gasteiger partial charge >= 0.3 is 12.3 Å². The summed E-state index contributed by atoms with van der Waals surface area (Å²) in [6, 6.07) is 7.81. The third kappa shape index (κ3) is 5.06. The molecular formula is C33H40F3N2O6+. The molecule has 11 heteroatoms. The van der Waals surface area contributed by atoms with Crippen molar-refractivity contribution in [2.24, 2.45) is 17.3 Å². The minimum atomic E-state index is -5.29. The lowest BCUT2D eigenvalue weighted by molar-refractivity contribution is -0.948. The SMILES string of the molecule is CC(=O)OC(=C(OC(F)(F)F)C(=O)NC1(O)C=CC2=C3C1O[C@H]1CCC[C@H]4[C@@H](C2)[N+](C)(CC(C)C)CC[C@]314)c1ccccc1. The van der Waals surface area contributed by atoms with Crippen LogP contribution in [-0.2, 0) is 23.8 Å². The summed E-state index contributed by atoms with van der Waals surface area (Å²) in [5, 5.41) is 14.4. The molecule has 3 unspecified atom stereocenters. The van der Waals surface area contributed by atoms with Gasteiger partial charge in [0.2, 0.25) is 5.76 Å². The van der Waals surface area contributed by atoms with Crippen LogP contribution >= 0.6 is 0 Å². The number of allylic oxidation sites excluding steroid dienone is 1. The monoisotopic (exact) mass is 617 g/mol. The first-order valence-electron chi connectivity index (χ1n) is 15.4. The first-order chi connectivity index (χ1) is 20.7. The van der Waals surface area contributed by atoms with E-state index in [1.54, 1.807) is 12.1 Å². The Labute approximate surface area is 255 Å². The summed E-state index contributed by atoms with van der Waals surface area (Å²) in [5.41, 5.74) is -0.394. The van der Waals surface area contributed by atoms with E-state index >= 15 is 0 Å². The molecule has 8 nitrogen and oxygen atoms in total. The fourth-order valence-electron chi connectivity index (χ4n) is 9.02. The summed E-state index contributed by atoms with van der Waals surface area (Å²) < 4.78 is 57.9. The number of likely N-dealkylation sites (tertiary alicyclic amines) is 1. The molecule has 3 aliphatic carbocycles. The van der Waals surface area contributed by atoms with Gasteiger partial charge in [0.05, 0.1) is 32.3 Å². The second-order valence-electron chi connectivity index (χ2n) is 13.6. The molecule has 2 heterocycles. The number of hydrogen-bond donors (Lipinski definition) is 2. The van der Waals surface area contributed by atoms with Crippen LogP contribution < -0.4 is 5.32 Å². The molecule has 2 bridgehead atoms. The van der Waals surface area contributed by atoms with Crippen LogP contribution in [0.4, 0.5) is 13.2 Å². The number of nitrogens with zero attached hydrogens (tertiary/aromatic N) is 1. The van der Waals surface area contributed by atoms with E-state index in [1.165, 1.54) is 30.3 Å². The highest BCUT2D eigenvalue weighted by atomic mass is 19.4. The smallest absolute Gasteiger partial charge is 0.422 e. The number of hydrogen-bond acceptors (Lipinski definition) is 6. The molecule has 3 fully saturated rings. The number of benzene rings is 1. The zero-order valence-electron chi connectivity index (χ0n) is 25.4. The molecule has 1 amide bonds. The first-order valence-corrected chi connectivity index (χ1v) is 15.4. The Bertz CT molecular complexity index is 1440. The van der Waals surface area contributed by atoms with E-state index in [-0.39, 0.29) is 17.1 Å². The topological polar surface area (TPSA) is 94.1 Å².